The van der Waals surface area contributed by atoms with E-state index in [2.05, 4.69) is 0 Å². The zero-order valence-electron chi connectivity index (χ0n) is 16.2. The van der Waals surface area contributed by atoms with Gasteiger partial charge in [-0.1, -0.05) is 60.4 Å². The van der Waals surface area contributed by atoms with Gasteiger partial charge in [-0.3, -0.25) is 14.5 Å². The maximum atomic E-state index is 12.5. The average molecular weight is 428 g/mol. The smallest absolute Gasteiger partial charge is 0.266 e. The molecule has 0 aliphatic carbocycles. The molecule has 1 saturated heterocycles. The normalized spacial score (nSPS) is 15.2. The van der Waals surface area contributed by atoms with E-state index in [4.69, 9.17) is 21.7 Å². The predicted octanol–water partition coefficient (Wildman–Crippen LogP) is 4.32. The Labute approximate surface area is 179 Å². The Morgan fingerprint density at radius 1 is 1.14 bits per heavy atom. The average Bonchev–Trinajstić information content (AvgIpc) is 2.98. The van der Waals surface area contributed by atoms with E-state index in [-0.39, 0.29) is 11.7 Å². The van der Waals surface area contributed by atoms with Crippen molar-refractivity contribution in [2.75, 3.05) is 20.3 Å². The molecule has 0 atom stereocenters. The molecular weight excluding hydrogens is 406 g/mol. The summed E-state index contributed by atoms with van der Waals surface area (Å²) in [6, 6.07) is 14.9. The minimum Gasteiger partial charge on any atom is -0.489 e. The van der Waals surface area contributed by atoms with E-state index in [0.29, 0.717) is 34.5 Å². The number of hydrogen-bond acceptors (Lipinski definition) is 6. The number of amides is 1. The molecule has 0 bridgehead atoms. The number of ether oxygens (including phenoxy) is 2. The molecule has 0 N–H and O–H groups in total. The predicted molar refractivity (Wildman–Crippen MR) is 119 cm³/mol. The molecule has 0 aromatic heterocycles. The van der Waals surface area contributed by atoms with Gasteiger partial charge < -0.3 is 9.47 Å². The summed E-state index contributed by atoms with van der Waals surface area (Å²) in [6.07, 6.45) is 1.83. The first-order valence-electron chi connectivity index (χ1n) is 9.05. The second-order valence-electron chi connectivity index (χ2n) is 6.44. The largest absolute Gasteiger partial charge is 0.489 e. The molecule has 0 unspecified atom stereocenters. The van der Waals surface area contributed by atoms with E-state index in [0.717, 1.165) is 16.9 Å². The molecule has 0 saturated carbocycles. The Kier molecular flexibility index (Phi) is 7.19. The van der Waals surface area contributed by atoms with E-state index >= 15 is 0 Å². The number of carbonyl (C=O) groups excluding carboxylic acids is 2. The fourth-order valence-corrected chi connectivity index (χ4v) is 4.00. The van der Waals surface area contributed by atoms with Crippen LogP contribution in [0.4, 0.5) is 0 Å². The highest BCUT2D eigenvalue weighted by Crippen LogP contribution is 2.32. The molecule has 1 heterocycles. The van der Waals surface area contributed by atoms with Gasteiger partial charge in [-0.05, 0) is 36.3 Å². The maximum Gasteiger partial charge on any atom is 0.266 e. The number of rotatable bonds is 8. The third kappa shape index (κ3) is 5.53. The van der Waals surface area contributed by atoms with Crippen molar-refractivity contribution >= 4 is 46.1 Å². The van der Waals surface area contributed by atoms with Gasteiger partial charge in [0.2, 0.25) is 0 Å². The molecule has 1 amide bonds. The Bertz CT molecular complexity index is 936. The number of carbonyl (C=O) groups is 2. The molecule has 5 nitrogen and oxygen atoms in total. The minimum absolute atomic E-state index is 0.0451. The quantitative estimate of drug-likeness (QED) is 0.355. The molecule has 2 aromatic rings. The van der Waals surface area contributed by atoms with Crippen LogP contribution in [-0.4, -0.2) is 41.2 Å². The maximum absolute atomic E-state index is 12.5. The van der Waals surface area contributed by atoms with Crippen LogP contribution in [0.3, 0.4) is 0 Å². The van der Waals surface area contributed by atoms with Crippen molar-refractivity contribution in [2.24, 2.45) is 0 Å². The first-order valence-corrected chi connectivity index (χ1v) is 10.3. The summed E-state index contributed by atoms with van der Waals surface area (Å²) < 4.78 is 11.4. The van der Waals surface area contributed by atoms with Crippen LogP contribution in [0.1, 0.15) is 28.4 Å². The Balaban J connectivity index is 1.60. The van der Waals surface area contributed by atoms with Gasteiger partial charge in [-0.15, -0.1) is 0 Å². The van der Waals surface area contributed by atoms with Gasteiger partial charge in [0.05, 0.1) is 18.1 Å². The summed E-state index contributed by atoms with van der Waals surface area (Å²) in [7, 11) is 1.60. The lowest BCUT2D eigenvalue weighted by Gasteiger charge is -2.12. The van der Waals surface area contributed by atoms with Crippen LogP contribution < -0.4 is 4.74 Å². The van der Waals surface area contributed by atoms with Crippen LogP contribution >= 0.6 is 24.0 Å². The van der Waals surface area contributed by atoms with Crippen molar-refractivity contribution in [1.82, 2.24) is 4.90 Å². The zero-order valence-corrected chi connectivity index (χ0v) is 17.8. The fraction of sp³-hybridized carbons (Fsp3) is 0.227. The van der Waals surface area contributed by atoms with Crippen molar-refractivity contribution in [3.05, 3.63) is 70.1 Å². The van der Waals surface area contributed by atoms with Crippen molar-refractivity contribution in [3.63, 3.8) is 0 Å². The summed E-state index contributed by atoms with van der Waals surface area (Å²) in [6.45, 7) is 2.86. The molecule has 29 heavy (non-hydrogen) atoms. The van der Waals surface area contributed by atoms with E-state index in [1.807, 2.05) is 42.5 Å². The lowest BCUT2D eigenvalue weighted by Crippen LogP contribution is -2.31. The van der Waals surface area contributed by atoms with E-state index < -0.39 is 0 Å². The number of Topliss-reactive ketones (excluding diaryl/α,β-unsaturated/α-hetero) is 1. The standard InChI is InChI=1S/C22H21NO4S2/c1-15(24)18-7-3-17(4-8-18)14-27-19-9-5-16(6-10-19)13-20-21(25)23(11-12-26-2)22(28)29-20/h3-10,13H,11-12,14H2,1-2H3/b20-13+. The summed E-state index contributed by atoms with van der Waals surface area (Å²) >= 11 is 6.58. The summed E-state index contributed by atoms with van der Waals surface area (Å²) in [4.78, 5) is 25.9. The van der Waals surface area contributed by atoms with Crippen molar-refractivity contribution in [3.8, 4) is 5.75 Å². The lowest BCUT2D eigenvalue weighted by atomic mass is 10.1. The van der Waals surface area contributed by atoms with Gasteiger partial charge in [0.25, 0.3) is 5.91 Å². The first kappa shape index (κ1) is 21.2. The molecule has 7 heteroatoms. The van der Waals surface area contributed by atoms with Crippen molar-refractivity contribution < 1.29 is 19.1 Å². The molecule has 1 aliphatic heterocycles. The number of methoxy groups -OCH3 is 1. The van der Waals surface area contributed by atoms with E-state index in [1.165, 1.54) is 11.8 Å². The second-order valence-corrected chi connectivity index (χ2v) is 8.11. The van der Waals surface area contributed by atoms with Crippen LogP contribution in [0.5, 0.6) is 5.75 Å². The lowest BCUT2D eigenvalue weighted by molar-refractivity contribution is -0.122. The Morgan fingerprint density at radius 3 is 2.45 bits per heavy atom. The van der Waals surface area contributed by atoms with Gasteiger partial charge in [-0.2, -0.15) is 0 Å². The molecule has 2 aromatic carbocycles. The molecule has 0 radical (unpaired) electrons. The van der Waals surface area contributed by atoms with Gasteiger partial charge in [-0.25, -0.2) is 0 Å². The number of thioether (sulfide) groups is 1. The Morgan fingerprint density at radius 2 is 1.83 bits per heavy atom. The van der Waals surface area contributed by atoms with E-state index in [9.17, 15) is 9.59 Å². The number of thiocarbonyl (C=S) groups is 1. The highest BCUT2D eigenvalue weighted by atomic mass is 32.2. The summed E-state index contributed by atoms with van der Waals surface area (Å²) in [5, 5.41) is 0. The number of hydrogen-bond donors (Lipinski definition) is 0. The topological polar surface area (TPSA) is 55.8 Å². The third-order valence-corrected chi connectivity index (χ3v) is 5.71. The molecule has 3 rings (SSSR count). The van der Waals surface area contributed by atoms with Gasteiger partial charge in [0, 0.05) is 12.7 Å². The summed E-state index contributed by atoms with van der Waals surface area (Å²) in [5.41, 5.74) is 2.57. The van der Waals surface area contributed by atoms with Crippen LogP contribution in [0.2, 0.25) is 0 Å². The third-order valence-electron chi connectivity index (χ3n) is 4.34. The fourth-order valence-electron chi connectivity index (χ4n) is 2.69. The second kappa shape index (κ2) is 9.82. The molecule has 0 spiro atoms. The van der Waals surface area contributed by atoms with Crippen LogP contribution in [0, 0.1) is 0 Å². The van der Waals surface area contributed by atoms with Gasteiger partial charge >= 0.3 is 0 Å². The molecule has 1 aliphatic rings. The van der Waals surface area contributed by atoms with Crippen molar-refractivity contribution in [1.29, 1.82) is 0 Å². The minimum atomic E-state index is -0.0913. The monoisotopic (exact) mass is 427 g/mol. The van der Waals surface area contributed by atoms with Crippen LogP contribution in [-0.2, 0) is 16.1 Å². The summed E-state index contributed by atoms with van der Waals surface area (Å²) in [5.74, 6) is 0.681. The number of nitrogens with zero attached hydrogens (tertiary/aromatic N) is 1. The van der Waals surface area contributed by atoms with Gasteiger partial charge in [0.15, 0.2) is 5.78 Å². The highest BCUT2D eigenvalue weighted by molar-refractivity contribution is 8.26. The van der Waals surface area contributed by atoms with Crippen LogP contribution in [0.15, 0.2) is 53.4 Å². The zero-order chi connectivity index (χ0) is 20.8. The number of ketones is 1. The number of benzene rings is 2. The van der Waals surface area contributed by atoms with Crippen molar-refractivity contribution in [2.45, 2.75) is 13.5 Å². The Hall–Kier alpha value is -2.48. The highest BCUT2D eigenvalue weighted by Gasteiger charge is 2.31. The van der Waals surface area contributed by atoms with Gasteiger partial charge in [0.1, 0.15) is 16.7 Å². The van der Waals surface area contributed by atoms with Crippen LogP contribution in [0.25, 0.3) is 6.08 Å². The molecular formula is C22H21NO4S2. The SMILES string of the molecule is COCCN1C(=O)/C(=C\c2ccc(OCc3ccc(C(C)=O)cc3)cc2)SC1=S. The molecule has 1 fully saturated rings. The first-order chi connectivity index (χ1) is 14.0. The molecule has 150 valence electrons. The van der Waals surface area contributed by atoms with E-state index in [1.54, 1.807) is 31.1 Å².